The fourth-order valence-corrected chi connectivity index (χ4v) is 3.31. The SMILES string of the molecule is CN(C(=O)OC(C)(C)C)C1CN(C(c2ccccc2)c2ccccc2)C1. The van der Waals surface area contributed by atoms with Crippen LogP contribution in [-0.4, -0.2) is 47.7 Å². The molecule has 0 aliphatic carbocycles. The fraction of sp³-hybridized carbons (Fsp3) is 0.409. The summed E-state index contributed by atoms with van der Waals surface area (Å²) < 4.78 is 5.49. The molecule has 138 valence electrons. The predicted octanol–water partition coefficient (Wildman–Crippen LogP) is 4.33. The molecule has 0 radical (unpaired) electrons. The number of likely N-dealkylation sites (N-methyl/N-ethyl adjacent to an activating group) is 1. The Kier molecular flexibility index (Phi) is 5.33. The minimum absolute atomic E-state index is 0.180. The van der Waals surface area contributed by atoms with E-state index in [-0.39, 0.29) is 18.2 Å². The van der Waals surface area contributed by atoms with Gasteiger partial charge in [-0.1, -0.05) is 60.7 Å². The van der Waals surface area contributed by atoms with E-state index < -0.39 is 5.60 Å². The number of nitrogens with zero attached hydrogens (tertiary/aromatic N) is 2. The third kappa shape index (κ3) is 4.25. The summed E-state index contributed by atoms with van der Waals surface area (Å²) in [5.74, 6) is 0. The zero-order chi connectivity index (χ0) is 18.7. The lowest BCUT2D eigenvalue weighted by molar-refractivity contribution is -0.0112. The van der Waals surface area contributed by atoms with Crippen LogP contribution in [0.4, 0.5) is 4.79 Å². The minimum Gasteiger partial charge on any atom is -0.444 e. The van der Waals surface area contributed by atoms with Crippen LogP contribution < -0.4 is 0 Å². The van der Waals surface area contributed by atoms with Crippen LogP contribution >= 0.6 is 0 Å². The van der Waals surface area contributed by atoms with Gasteiger partial charge in [0.2, 0.25) is 0 Å². The number of benzene rings is 2. The van der Waals surface area contributed by atoms with Crippen LogP contribution in [0.5, 0.6) is 0 Å². The van der Waals surface area contributed by atoms with Crippen LogP contribution in [0.25, 0.3) is 0 Å². The van der Waals surface area contributed by atoms with E-state index in [1.54, 1.807) is 4.90 Å². The second kappa shape index (κ2) is 7.50. The summed E-state index contributed by atoms with van der Waals surface area (Å²) in [5.41, 5.74) is 2.08. The van der Waals surface area contributed by atoms with Crippen molar-refractivity contribution in [3.05, 3.63) is 71.8 Å². The van der Waals surface area contributed by atoms with Gasteiger partial charge in [0.15, 0.2) is 0 Å². The van der Waals surface area contributed by atoms with Gasteiger partial charge in [0.05, 0.1) is 12.1 Å². The van der Waals surface area contributed by atoms with Crippen molar-refractivity contribution in [3.8, 4) is 0 Å². The molecule has 1 amide bonds. The summed E-state index contributed by atoms with van der Waals surface area (Å²) in [6.07, 6.45) is -0.252. The third-order valence-corrected chi connectivity index (χ3v) is 4.72. The molecule has 0 aromatic heterocycles. The molecule has 1 fully saturated rings. The maximum atomic E-state index is 12.3. The molecule has 4 nitrogen and oxygen atoms in total. The lowest BCUT2D eigenvalue weighted by Gasteiger charge is -2.48. The first kappa shape index (κ1) is 18.5. The molecule has 1 saturated heterocycles. The molecular formula is C22H28N2O2. The lowest BCUT2D eigenvalue weighted by atomic mass is 9.93. The number of hydrogen-bond donors (Lipinski definition) is 0. The maximum absolute atomic E-state index is 12.3. The van der Waals surface area contributed by atoms with Crippen molar-refractivity contribution in [2.24, 2.45) is 0 Å². The highest BCUT2D eigenvalue weighted by Gasteiger charge is 2.38. The van der Waals surface area contributed by atoms with Crippen LogP contribution in [-0.2, 0) is 4.74 Å². The number of hydrogen-bond acceptors (Lipinski definition) is 3. The predicted molar refractivity (Wildman–Crippen MR) is 104 cm³/mol. The van der Waals surface area contributed by atoms with E-state index in [2.05, 4.69) is 53.4 Å². The maximum Gasteiger partial charge on any atom is 0.410 e. The largest absolute Gasteiger partial charge is 0.444 e. The standard InChI is InChI=1S/C22H28N2O2/c1-22(2,3)26-21(25)23(4)19-15-24(16-19)20(17-11-7-5-8-12-17)18-13-9-6-10-14-18/h5-14,19-20H,15-16H2,1-4H3. The number of likely N-dealkylation sites (tertiary alicyclic amines) is 1. The fourth-order valence-electron chi connectivity index (χ4n) is 3.31. The van der Waals surface area contributed by atoms with E-state index in [4.69, 9.17) is 4.74 Å². The Labute approximate surface area is 156 Å². The first-order chi connectivity index (χ1) is 12.3. The summed E-state index contributed by atoms with van der Waals surface area (Å²) >= 11 is 0. The Morgan fingerprint density at radius 1 is 1.00 bits per heavy atom. The van der Waals surface area contributed by atoms with E-state index in [1.165, 1.54) is 11.1 Å². The topological polar surface area (TPSA) is 32.8 Å². The van der Waals surface area contributed by atoms with Gasteiger partial charge < -0.3 is 9.64 Å². The normalized spacial score (nSPS) is 15.6. The molecule has 2 aromatic carbocycles. The molecule has 0 atom stereocenters. The van der Waals surface area contributed by atoms with Gasteiger partial charge in [-0.05, 0) is 31.9 Å². The molecule has 1 heterocycles. The van der Waals surface area contributed by atoms with Crippen molar-refractivity contribution in [2.75, 3.05) is 20.1 Å². The second-order valence-corrected chi connectivity index (χ2v) is 7.92. The van der Waals surface area contributed by atoms with Gasteiger partial charge >= 0.3 is 6.09 Å². The zero-order valence-corrected chi connectivity index (χ0v) is 16.1. The van der Waals surface area contributed by atoms with Crippen molar-refractivity contribution in [3.63, 3.8) is 0 Å². The second-order valence-electron chi connectivity index (χ2n) is 7.92. The average Bonchev–Trinajstić information content (AvgIpc) is 2.57. The molecular weight excluding hydrogens is 324 g/mol. The van der Waals surface area contributed by atoms with Gasteiger partial charge in [-0.2, -0.15) is 0 Å². The van der Waals surface area contributed by atoms with Crippen LogP contribution in [0.1, 0.15) is 37.9 Å². The highest BCUT2D eigenvalue weighted by Crippen LogP contribution is 2.33. The first-order valence-electron chi connectivity index (χ1n) is 9.15. The van der Waals surface area contributed by atoms with Crippen LogP contribution in [0, 0.1) is 0 Å². The van der Waals surface area contributed by atoms with Crippen LogP contribution in [0.3, 0.4) is 0 Å². The van der Waals surface area contributed by atoms with E-state index in [1.807, 2.05) is 40.0 Å². The first-order valence-corrected chi connectivity index (χ1v) is 9.15. The van der Waals surface area contributed by atoms with Gasteiger partial charge in [0, 0.05) is 20.1 Å². The number of carbonyl (C=O) groups is 1. The summed E-state index contributed by atoms with van der Waals surface area (Å²) in [6, 6.07) is 21.5. The van der Waals surface area contributed by atoms with E-state index in [0.717, 1.165) is 13.1 Å². The molecule has 3 rings (SSSR count). The number of rotatable bonds is 4. The highest BCUT2D eigenvalue weighted by molar-refractivity contribution is 5.68. The summed E-state index contributed by atoms with van der Waals surface area (Å²) in [7, 11) is 1.83. The number of carbonyl (C=O) groups excluding carboxylic acids is 1. The number of ether oxygens (including phenoxy) is 1. The van der Waals surface area contributed by atoms with Crippen LogP contribution in [0.15, 0.2) is 60.7 Å². The Hall–Kier alpha value is -2.33. The molecule has 0 saturated carbocycles. The number of amides is 1. The summed E-state index contributed by atoms with van der Waals surface area (Å²) in [4.78, 5) is 16.4. The van der Waals surface area contributed by atoms with Crippen molar-refractivity contribution in [1.29, 1.82) is 0 Å². The van der Waals surface area contributed by atoms with Crippen molar-refractivity contribution in [2.45, 2.75) is 38.5 Å². The molecule has 1 aliphatic heterocycles. The quantitative estimate of drug-likeness (QED) is 0.821. The summed E-state index contributed by atoms with van der Waals surface area (Å²) in [5, 5.41) is 0. The van der Waals surface area contributed by atoms with Gasteiger partial charge in [0.25, 0.3) is 0 Å². The average molecular weight is 352 g/mol. The van der Waals surface area contributed by atoms with Gasteiger partial charge in [-0.25, -0.2) is 4.79 Å². The zero-order valence-electron chi connectivity index (χ0n) is 16.1. The Balaban J connectivity index is 1.71. The lowest BCUT2D eigenvalue weighted by Crippen LogP contribution is -2.60. The molecule has 1 aliphatic rings. The monoisotopic (exact) mass is 352 g/mol. The molecule has 0 bridgehead atoms. The molecule has 0 spiro atoms. The Morgan fingerprint density at radius 2 is 1.46 bits per heavy atom. The highest BCUT2D eigenvalue weighted by atomic mass is 16.6. The molecule has 4 heteroatoms. The van der Waals surface area contributed by atoms with Crippen LogP contribution in [0.2, 0.25) is 0 Å². The smallest absolute Gasteiger partial charge is 0.410 e. The molecule has 26 heavy (non-hydrogen) atoms. The minimum atomic E-state index is -0.467. The van der Waals surface area contributed by atoms with Crippen molar-refractivity contribution < 1.29 is 9.53 Å². The molecule has 0 N–H and O–H groups in total. The molecule has 2 aromatic rings. The Bertz CT molecular complexity index is 679. The van der Waals surface area contributed by atoms with Crippen molar-refractivity contribution >= 4 is 6.09 Å². The summed E-state index contributed by atoms with van der Waals surface area (Å²) in [6.45, 7) is 7.36. The molecule has 0 unspecified atom stereocenters. The van der Waals surface area contributed by atoms with Gasteiger partial charge in [-0.15, -0.1) is 0 Å². The van der Waals surface area contributed by atoms with Gasteiger partial charge in [-0.3, -0.25) is 4.90 Å². The van der Waals surface area contributed by atoms with Crippen molar-refractivity contribution in [1.82, 2.24) is 9.80 Å². The van der Waals surface area contributed by atoms with E-state index in [0.29, 0.717) is 0 Å². The Morgan fingerprint density at radius 3 is 1.88 bits per heavy atom. The third-order valence-electron chi connectivity index (χ3n) is 4.72. The van der Waals surface area contributed by atoms with E-state index >= 15 is 0 Å². The van der Waals surface area contributed by atoms with E-state index in [9.17, 15) is 4.79 Å². The van der Waals surface area contributed by atoms with Gasteiger partial charge in [0.1, 0.15) is 5.60 Å².